The normalized spacial score (nSPS) is 11.6. The van der Waals surface area contributed by atoms with Crippen molar-refractivity contribution < 1.29 is 14.3 Å². The number of carbonyl (C=O) groups excluding carboxylic acids is 1. The Morgan fingerprint density at radius 1 is 1.28 bits per heavy atom. The van der Waals surface area contributed by atoms with Crippen LogP contribution < -0.4 is 14.8 Å². The Morgan fingerprint density at radius 3 is 2.44 bits per heavy atom. The lowest BCUT2D eigenvalue weighted by Crippen LogP contribution is -2.36. The first-order valence-corrected chi connectivity index (χ1v) is 5.69. The summed E-state index contributed by atoms with van der Waals surface area (Å²) in [7, 11) is 6.64. The number of ether oxygens (including phenoxy) is 2. The number of carbonyl (C=O) groups is 1. The molecule has 5 nitrogen and oxygen atoms in total. The van der Waals surface area contributed by atoms with Gasteiger partial charge in [0.2, 0.25) is 5.91 Å². The number of hydrogen-bond donors (Lipinski definition) is 1. The molecule has 1 atom stereocenters. The summed E-state index contributed by atoms with van der Waals surface area (Å²) < 4.78 is 10.4. The number of benzene rings is 1. The number of amides is 1. The lowest BCUT2D eigenvalue weighted by molar-refractivity contribution is -0.129. The maximum Gasteiger partial charge on any atom is 0.244 e. The number of anilines is 1. The standard InChI is InChI=1S/C13H20N2O3/c1-9(13(16)15(2)3)14-11-8-10(17-4)6-7-12(11)18-5/h6-9,14H,1-5H3. The molecule has 0 radical (unpaired) electrons. The number of rotatable bonds is 5. The number of methoxy groups -OCH3 is 2. The van der Waals surface area contributed by atoms with Gasteiger partial charge in [-0.05, 0) is 19.1 Å². The van der Waals surface area contributed by atoms with Gasteiger partial charge in [-0.2, -0.15) is 0 Å². The van der Waals surface area contributed by atoms with Crippen LogP contribution >= 0.6 is 0 Å². The van der Waals surface area contributed by atoms with Gasteiger partial charge in [0, 0.05) is 20.2 Å². The predicted octanol–water partition coefficient (Wildman–Crippen LogP) is 1.59. The maximum absolute atomic E-state index is 11.8. The van der Waals surface area contributed by atoms with Gasteiger partial charge in [0.1, 0.15) is 17.5 Å². The fourth-order valence-electron chi connectivity index (χ4n) is 1.61. The van der Waals surface area contributed by atoms with Crippen LogP contribution in [0.2, 0.25) is 0 Å². The Balaban J connectivity index is 2.91. The third kappa shape index (κ3) is 3.29. The minimum Gasteiger partial charge on any atom is -0.497 e. The van der Waals surface area contributed by atoms with Crippen LogP contribution in [0.3, 0.4) is 0 Å². The molecule has 0 aliphatic heterocycles. The Kier molecular flexibility index (Phi) is 4.83. The summed E-state index contributed by atoms with van der Waals surface area (Å²) >= 11 is 0. The highest BCUT2D eigenvalue weighted by molar-refractivity contribution is 5.84. The monoisotopic (exact) mass is 252 g/mol. The first kappa shape index (κ1) is 14.2. The molecule has 0 fully saturated rings. The van der Waals surface area contributed by atoms with Crippen LogP contribution in [0, 0.1) is 0 Å². The molecule has 1 amide bonds. The van der Waals surface area contributed by atoms with Crippen LogP contribution in [0.15, 0.2) is 18.2 Å². The number of nitrogens with zero attached hydrogens (tertiary/aromatic N) is 1. The SMILES string of the molecule is COc1ccc(OC)c(NC(C)C(=O)N(C)C)c1. The number of likely N-dealkylation sites (N-methyl/N-ethyl adjacent to an activating group) is 1. The van der Waals surface area contributed by atoms with E-state index in [0.717, 1.165) is 5.69 Å². The van der Waals surface area contributed by atoms with Gasteiger partial charge in [-0.3, -0.25) is 4.79 Å². The molecule has 0 aromatic heterocycles. The van der Waals surface area contributed by atoms with Gasteiger partial charge in [-0.25, -0.2) is 0 Å². The fourth-order valence-corrected chi connectivity index (χ4v) is 1.61. The largest absolute Gasteiger partial charge is 0.497 e. The lowest BCUT2D eigenvalue weighted by Gasteiger charge is -2.20. The molecule has 0 saturated heterocycles. The Bertz CT molecular complexity index is 419. The number of hydrogen-bond acceptors (Lipinski definition) is 4. The average molecular weight is 252 g/mol. The molecule has 1 rings (SSSR count). The van der Waals surface area contributed by atoms with Gasteiger partial charge in [0.05, 0.1) is 19.9 Å². The average Bonchev–Trinajstić information content (AvgIpc) is 2.37. The predicted molar refractivity (Wildman–Crippen MR) is 71.3 cm³/mol. The second-order valence-electron chi connectivity index (χ2n) is 4.16. The first-order chi connectivity index (χ1) is 8.49. The lowest BCUT2D eigenvalue weighted by atomic mass is 10.2. The van der Waals surface area contributed by atoms with E-state index >= 15 is 0 Å². The summed E-state index contributed by atoms with van der Waals surface area (Å²) in [5.41, 5.74) is 0.736. The Morgan fingerprint density at radius 2 is 1.94 bits per heavy atom. The van der Waals surface area contributed by atoms with E-state index in [1.54, 1.807) is 52.3 Å². The van der Waals surface area contributed by atoms with Gasteiger partial charge in [0.15, 0.2) is 0 Å². The zero-order valence-corrected chi connectivity index (χ0v) is 11.5. The summed E-state index contributed by atoms with van der Waals surface area (Å²) in [4.78, 5) is 13.3. The van der Waals surface area contributed by atoms with E-state index in [0.29, 0.717) is 11.5 Å². The highest BCUT2D eigenvalue weighted by Crippen LogP contribution is 2.29. The third-order valence-electron chi connectivity index (χ3n) is 2.59. The molecule has 5 heteroatoms. The molecule has 0 spiro atoms. The van der Waals surface area contributed by atoms with Gasteiger partial charge >= 0.3 is 0 Å². The van der Waals surface area contributed by atoms with E-state index in [9.17, 15) is 4.79 Å². The molecule has 1 N–H and O–H groups in total. The van der Waals surface area contributed by atoms with Crippen molar-refractivity contribution in [1.82, 2.24) is 4.90 Å². The molecule has 1 aromatic carbocycles. The Hall–Kier alpha value is -1.91. The van der Waals surface area contributed by atoms with Gasteiger partial charge < -0.3 is 19.7 Å². The van der Waals surface area contributed by atoms with Crippen molar-refractivity contribution in [3.8, 4) is 11.5 Å². The van der Waals surface area contributed by atoms with E-state index in [1.165, 1.54) is 0 Å². The van der Waals surface area contributed by atoms with E-state index in [1.807, 2.05) is 6.07 Å². The van der Waals surface area contributed by atoms with E-state index in [4.69, 9.17) is 9.47 Å². The second kappa shape index (κ2) is 6.14. The molecule has 100 valence electrons. The fraction of sp³-hybridized carbons (Fsp3) is 0.462. The molecule has 0 aliphatic rings. The van der Waals surface area contributed by atoms with Crippen molar-refractivity contribution in [2.24, 2.45) is 0 Å². The molecule has 1 unspecified atom stereocenters. The van der Waals surface area contributed by atoms with Crippen LogP contribution in [0.4, 0.5) is 5.69 Å². The zero-order valence-electron chi connectivity index (χ0n) is 11.5. The molecule has 0 bridgehead atoms. The maximum atomic E-state index is 11.8. The van der Waals surface area contributed by atoms with Crippen molar-refractivity contribution in [1.29, 1.82) is 0 Å². The van der Waals surface area contributed by atoms with Crippen molar-refractivity contribution >= 4 is 11.6 Å². The van der Waals surface area contributed by atoms with E-state index < -0.39 is 0 Å². The van der Waals surface area contributed by atoms with Crippen molar-refractivity contribution in [3.05, 3.63) is 18.2 Å². The van der Waals surface area contributed by atoms with Gasteiger partial charge in [-0.1, -0.05) is 0 Å². The second-order valence-corrected chi connectivity index (χ2v) is 4.16. The highest BCUT2D eigenvalue weighted by atomic mass is 16.5. The molecule has 18 heavy (non-hydrogen) atoms. The van der Waals surface area contributed by atoms with Crippen LogP contribution in [0.5, 0.6) is 11.5 Å². The smallest absolute Gasteiger partial charge is 0.244 e. The third-order valence-corrected chi connectivity index (χ3v) is 2.59. The quantitative estimate of drug-likeness (QED) is 0.864. The van der Waals surface area contributed by atoms with Crippen molar-refractivity contribution in [2.75, 3.05) is 33.6 Å². The number of nitrogens with one attached hydrogen (secondary N) is 1. The van der Waals surface area contributed by atoms with Crippen LogP contribution in [0.25, 0.3) is 0 Å². The first-order valence-electron chi connectivity index (χ1n) is 5.69. The van der Waals surface area contributed by atoms with Gasteiger partial charge in [-0.15, -0.1) is 0 Å². The molecular weight excluding hydrogens is 232 g/mol. The van der Waals surface area contributed by atoms with Gasteiger partial charge in [0.25, 0.3) is 0 Å². The van der Waals surface area contributed by atoms with Crippen LogP contribution in [0.1, 0.15) is 6.92 Å². The topological polar surface area (TPSA) is 50.8 Å². The summed E-state index contributed by atoms with van der Waals surface area (Å²) in [6.07, 6.45) is 0. The van der Waals surface area contributed by atoms with Crippen molar-refractivity contribution in [2.45, 2.75) is 13.0 Å². The molecule has 0 aliphatic carbocycles. The van der Waals surface area contributed by atoms with Crippen LogP contribution in [-0.2, 0) is 4.79 Å². The van der Waals surface area contributed by atoms with E-state index in [2.05, 4.69) is 5.32 Å². The molecule has 0 saturated carbocycles. The summed E-state index contributed by atoms with van der Waals surface area (Å²) in [5, 5.41) is 3.12. The van der Waals surface area contributed by atoms with E-state index in [-0.39, 0.29) is 11.9 Å². The minimum atomic E-state index is -0.332. The minimum absolute atomic E-state index is 0.000118. The Labute approximate surface area is 108 Å². The zero-order chi connectivity index (χ0) is 13.7. The molecule has 1 aromatic rings. The summed E-state index contributed by atoms with van der Waals surface area (Å²) in [6, 6.07) is 5.08. The molecule has 0 heterocycles. The molecular formula is C13H20N2O3. The summed E-state index contributed by atoms with van der Waals surface area (Å²) in [5.74, 6) is 1.39. The summed E-state index contributed by atoms with van der Waals surface area (Å²) in [6.45, 7) is 1.81. The van der Waals surface area contributed by atoms with Crippen LogP contribution in [-0.4, -0.2) is 45.2 Å². The highest BCUT2D eigenvalue weighted by Gasteiger charge is 2.16. The van der Waals surface area contributed by atoms with Crippen molar-refractivity contribution in [3.63, 3.8) is 0 Å².